The van der Waals surface area contributed by atoms with Gasteiger partial charge in [-0.25, -0.2) is 4.99 Å². The Kier molecular flexibility index (Phi) is 7.60. The van der Waals surface area contributed by atoms with Gasteiger partial charge in [0, 0.05) is 55.2 Å². The van der Waals surface area contributed by atoms with E-state index in [9.17, 15) is 0 Å². The molecule has 3 aromatic heterocycles. The monoisotopic (exact) mass is 734 g/mol. The van der Waals surface area contributed by atoms with Crippen molar-refractivity contribution in [3.05, 3.63) is 199 Å². The van der Waals surface area contributed by atoms with Crippen LogP contribution in [-0.2, 0) is 6.54 Å². The average molecular weight is 735 g/mol. The molecule has 6 nitrogen and oxygen atoms in total. The minimum Gasteiger partial charge on any atom is -0.456 e. The van der Waals surface area contributed by atoms with E-state index in [-0.39, 0.29) is 0 Å². The maximum atomic E-state index is 6.59. The molecule has 0 aliphatic heterocycles. The molecule has 0 aliphatic carbocycles. The molecule has 11 aromatic rings. The van der Waals surface area contributed by atoms with Crippen LogP contribution in [0.5, 0.6) is 0 Å². The second kappa shape index (κ2) is 13.3. The molecular formula is C51H34N4O2. The van der Waals surface area contributed by atoms with E-state index in [0.717, 1.165) is 77.4 Å². The second-order valence-electron chi connectivity index (χ2n) is 14.3. The summed E-state index contributed by atoms with van der Waals surface area (Å²) in [6, 6.07) is 62.3. The summed E-state index contributed by atoms with van der Waals surface area (Å²) in [5, 5.41) is 6.69. The zero-order chi connectivity index (χ0) is 37.9. The largest absolute Gasteiger partial charge is 0.456 e. The Labute approximate surface area is 327 Å². The highest BCUT2D eigenvalue weighted by atomic mass is 16.3. The van der Waals surface area contributed by atoms with Crippen molar-refractivity contribution in [2.75, 3.05) is 0 Å². The summed E-state index contributed by atoms with van der Waals surface area (Å²) in [6.45, 7) is 0.403. The Morgan fingerprint density at radius 2 is 1.09 bits per heavy atom. The van der Waals surface area contributed by atoms with Crippen molar-refractivity contribution >= 4 is 77.4 Å². The van der Waals surface area contributed by atoms with E-state index in [1.807, 2.05) is 78.9 Å². The summed E-state index contributed by atoms with van der Waals surface area (Å²) in [5.74, 6) is 0.994. The molecule has 8 aromatic carbocycles. The van der Waals surface area contributed by atoms with Gasteiger partial charge in [0.05, 0.1) is 17.6 Å². The van der Waals surface area contributed by atoms with Crippen molar-refractivity contribution < 1.29 is 8.83 Å². The van der Waals surface area contributed by atoms with E-state index in [0.29, 0.717) is 18.2 Å². The highest BCUT2D eigenvalue weighted by Crippen LogP contribution is 2.41. The Morgan fingerprint density at radius 1 is 0.491 bits per heavy atom. The fourth-order valence-corrected chi connectivity index (χ4v) is 8.32. The van der Waals surface area contributed by atoms with Crippen LogP contribution in [-0.4, -0.2) is 16.2 Å². The number of para-hydroxylation sites is 2. The predicted octanol–water partition coefficient (Wildman–Crippen LogP) is 12.6. The van der Waals surface area contributed by atoms with Crippen LogP contribution in [0.3, 0.4) is 0 Å². The Morgan fingerprint density at radius 3 is 1.82 bits per heavy atom. The standard InChI is InChI=1S/C51H34N4O2/c52-50(32-13-3-1-4-14-32)54-51(33-15-5-2-6-16-33)53-31-35-17-11-23-44-48(35)40-27-25-34(29-46(40)56-44)37-20-12-24-45-49(37)41-28-26-36(30-47(41)57-45)55-42-21-9-7-18-38(42)39-19-8-10-22-43(39)55/h1-30H,31H2,(H2,52,53,54). The van der Waals surface area contributed by atoms with Crippen molar-refractivity contribution in [1.29, 1.82) is 0 Å². The van der Waals surface area contributed by atoms with E-state index in [1.165, 1.54) is 21.8 Å². The maximum absolute atomic E-state index is 6.59. The first-order valence-corrected chi connectivity index (χ1v) is 19.1. The number of furan rings is 2. The third-order valence-corrected chi connectivity index (χ3v) is 10.9. The van der Waals surface area contributed by atoms with E-state index in [1.54, 1.807) is 0 Å². The average Bonchev–Trinajstić information content (AvgIpc) is 3.95. The highest BCUT2D eigenvalue weighted by Gasteiger charge is 2.18. The molecule has 3 heterocycles. The molecular weight excluding hydrogens is 701 g/mol. The van der Waals surface area contributed by atoms with Gasteiger partial charge in [-0.3, -0.25) is 4.99 Å². The second-order valence-corrected chi connectivity index (χ2v) is 14.3. The number of aliphatic imine (C=N–C) groups is 2. The van der Waals surface area contributed by atoms with E-state index in [4.69, 9.17) is 24.6 Å². The van der Waals surface area contributed by atoms with Gasteiger partial charge in [-0.15, -0.1) is 0 Å². The third-order valence-electron chi connectivity index (χ3n) is 10.9. The van der Waals surface area contributed by atoms with E-state index in [2.05, 4.69) is 108 Å². The van der Waals surface area contributed by atoms with Crippen molar-refractivity contribution in [3.63, 3.8) is 0 Å². The Hall–Kier alpha value is -7.70. The number of amidine groups is 2. The number of benzene rings is 8. The van der Waals surface area contributed by atoms with Gasteiger partial charge in [0.1, 0.15) is 28.2 Å². The SMILES string of the molecule is N/C(=N\C(=N/Cc1cccc2oc3cc(-c4cccc5oc6cc(-n7c8ccccc8c8ccccc87)ccc6c45)ccc3c12)c1ccccc1)c1ccccc1. The van der Waals surface area contributed by atoms with Gasteiger partial charge in [-0.05, 0) is 65.2 Å². The van der Waals surface area contributed by atoms with Crippen molar-refractivity contribution in [2.24, 2.45) is 15.7 Å². The summed E-state index contributed by atoms with van der Waals surface area (Å²) >= 11 is 0. The van der Waals surface area contributed by atoms with Crippen molar-refractivity contribution in [3.8, 4) is 16.8 Å². The van der Waals surface area contributed by atoms with Crippen LogP contribution in [0.15, 0.2) is 201 Å². The number of fused-ring (bicyclic) bond motifs is 9. The molecule has 270 valence electrons. The smallest absolute Gasteiger partial charge is 0.157 e. The summed E-state index contributed by atoms with van der Waals surface area (Å²) in [4.78, 5) is 9.84. The Bertz CT molecular complexity index is 3330. The zero-order valence-electron chi connectivity index (χ0n) is 30.8. The Balaban J connectivity index is 0.988. The van der Waals surface area contributed by atoms with Crippen LogP contribution in [0.2, 0.25) is 0 Å². The molecule has 0 amide bonds. The fraction of sp³-hybridized carbons (Fsp3) is 0.0196. The quantitative estimate of drug-likeness (QED) is 0.136. The fourth-order valence-electron chi connectivity index (χ4n) is 8.32. The maximum Gasteiger partial charge on any atom is 0.157 e. The van der Waals surface area contributed by atoms with Gasteiger partial charge in [-0.1, -0.05) is 127 Å². The van der Waals surface area contributed by atoms with Crippen LogP contribution in [0.4, 0.5) is 0 Å². The minimum atomic E-state index is 0.403. The molecule has 0 saturated carbocycles. The van der Waals surface area contributed by atoms with Crippen LogP contribution in [0, 0.1) is 0 Å². The summed E-state index contributed by atoms with van der Waals surface area (Å²) in [5.41, 5.74) is 18.1. The molecule has 0 bridgehead atoms. The number of rotatable bonds is 6. The lowest BCUT2D eigenvalue weighted by Crippen LogP contribution is -2.16. The molecule has 0 atom stereocenters. The van der Waals surface area contributed by atoms with Gasteiger partial charge >= 0.3 is 0 Å². The molecule has 0 unspecified atom stereocenters. The number of nitrogens with two attached hydrogens (primary N) is 1. The molecule has 57 heavy (non-hydrogen) atoms. The molecule has 6 heteroatoms. The number of nitrogens with zero attached hydrogens (tertiary/aromatic N) is 3. The first-order valence-electron chi connectivity index (χ1n) is 19.1. The zero-order valence-corrected chi connectivity index (χ0v) is 30.8. The van der Waals surface area contributed by atoms with Gasteiger partial charge < -0.3 is 19.1 Å². The van der Waals surface area contributed by atoms with Crippen LogP contribution in [0.1, 0.15) is 16.7 Å². The van der Waals surface area contributed by atoms with Crippen LogP contribution < -0.4 is 5.73 Å². The molecule has 0 spiro atoms. The normalized spacial score (nSPS) is 12.6. The van der Waals surface area contributed by atoms with Crippen molar-refractivity contribution in [1.82, 2.24) is 4.57 Å². The predicted molar refractivity (Wildman–Crippen MR) is 235 cm³/mol. The lowest BCUT2D eigenvalue weighted by Gasteiger charge is -2.08. The van der Waals surface area contributed by atoms with Gasteiger partial charge in [-0.2, -0.15) is 0 Å². The molecule has 2 N–H and O–H groups in total. The van der Waals surface area contributed by atoms with Gasteiger partial charge in [0.2, 0.25) is 0 Å². The van der Waals surface area contributed by atoms with Crippen molar-refractivity contribution in [2.45, 2.75) is 6.54 Å². The van der Waals surface area contributed by atoms with Gasteiger partial charge in [0.25, 0.3) is 0 Å². The van der Waals surface area contributed by atoms with Gasteiger partial charge in [0.15, 0.2) is 5.84 Å². The first-order chi connectivity index (χ1) is 28.2. The molecule has 0 aliphatic rings. The number of hydrogen-bond acceptors (Lipinski definition) is 3. The molecule has 0 fully saturated rings. The minimum absolute atomic E-state index is 0.403. The summed E-state index contributed by atoms with van der Waals surface area (Å²) < 4.78 is 15.5. The van der Waals surface area contributed by atoms with E-state index >= 15 is 0 Å². The summed E-state index contributed by atoms with van der Waals surface area (Å²) in [7, 11) is 0. The van der Waals surface area contributed by atoms with Crippen LogP contribution in [0.25, 0.3) is 82.5 Å². The molecule has 0 saturated heterocycles. The lowest BCUT2D eigenvalue weighted by molar-refractivity contribution is 0.668. The van der Waals surface area contributed by atoms with Crippen LogP contribution >= 0.6 is 0 Å². The number of aromatic nitrogens is 1. The first kappa shape index (κ1) is 32.7. The topological polar surface area (TPSA) is 81.9 Å². The highest BCUT2D eigenvalue weighted by molar-refractivity contribution is 6.15. The molecule has 11 rings (SSSR count). The molecule has 0 radical (unpaired) electrons. The lowest BCUT2D eigenvalue weighted by atomic mass is 9.97. The summed E-state index contributed by atoms with van der Waals surface area (Å²) in [6.07, 6.45) is 0. The van der Waals surface area contributed by atoms with E-state index < -0.39 is 0 Å². The third kappa shape index (κ3) is 5.49. The number of hydrogen-bond donors (Lipinski definition) is 1.